The zero-order valence-corrected chi connectivity index (χ0v) is 18.1. The van der Waals surface area contributed by atoms with Crippen LogP contribution in [0.15, 0.2) is 59.7 Å². The zero-order chi connectivity index (χ0) is 21.5. The van der Waals surface area contributed by atoms with Gasteiger partial charge in [-0.3, -0.25) is 14.6 Å². The number of hydrogen-bond donors (Lipinski definition) is 1. The number of aryl methyl sites for hydroxylation is 1. The van der Waals surface area contributed by atoms with E-state index in [1.807, 2.05) is 19.1 Å². The first-order valence-corrected chi connectivity index (χ1v) is 10.6. The van der Waals surface area contributed by atoms with Crippen LogP contribution < -0.4 is 10.7 Å². The second-order valence-corrected chi connectivity index (χ2v) is 7.72. The van der Waals surface area contributed by atoms with Crippen molar-refractivity contribution in [1.82, 2.24) is 9.55 Å². The van der Waals surface area contributed by atoms with E-state index < -0.39 is 5.91 Å². The minimum Gasteiger partial charge on any atom is -0.343 e. The van der Waals surface area contributed by atoms with Crippen molar-refractivity contribution >= 4 is 23.2 Å². The molecular weight excluding hydrogens is 398 g/mol. The van der Waals surface area contributed by atoms with Crippen LogP contribution in [0.5, 0.6) is 0 Å². The Bertz CT molecular complexity index is 1080. The fourth-order valence-corrected chi connectivity index (χ4v) is 3.70. The summed E-state index contributed by atoms with van der Waals surface area (Å²) < 4.78 is 2.05. The van der Waals surface area contributed by atoms with Gasteiger partial charge in [-0.2, -0.15) is 0 Å². The quantitative estimate of drug-likeness (QED) is 0.504. The average Bonchev–Trinajstić information content (AvgIpc) is 2.73. The van der Waals surface area contributed by atoms with Crippen molar-refractivity contribution in [1.29, 1.82) is 0 Å². The van der Waals surface area contributed by atoms with Crippen LogP contribution in [0.25, 0.3) is 0 Å². The van der Waals surface area contributed by atoms with Crippen molar-refractivity contribution < 1.29 is 4.79 Å². The van der Waals surface area contributed by atoms with E-state index in [0.717, 1.165) is 36.2 Å². The van der Waals surface area contributed by atoms with Crippen LogP contribution in [0.2, 0.25) is 5.02 Å². The number of hydrogen-bond acceptors (Lipinski definition) is 3. The smallest absolute Gasteiger partial charge is 0.261 e. The van der Waals surface area contributed by atoms with Crippen LogP contribution in [0.3, 0.4) is 0 Å². The number of nitrogens with zero attached hydrogens (tertiary/aromatic N) is 2. The van der Waals surface area contributed by atoms with Crippen molar-refractivity contribution in [3.8, 4) is 0 Å². The maximum absolute atomic E-state index is 13.2. The van der Waals surface area contributed by atoms with Crippen LogP contribution >= 0.6 is 11.6 Å². The van der Waals surface area contributed by atoms with Crippen LogP contribution in [0, 0.1) is 6.92 Å². The molecule has 0 saturated carbocycles. The molecule has 0 bridgehead atoms. The Labute approximate surface area is 181 Å². The number of halogens is 1. The van der Waals surface area contributed by atoms with Gasteiger partial charge in [0.1, 0.15) is 5.56 Å². The average molecular weight is 424 g/mol. The van der Waals surface area contributed by atoms with Crippen LogP contribution in [-0.2, 0) is 13.0 Å². The SMILES string of the molecule is CCCCCc1c(C(=O)Nc2ccccc2Cl)c(=O)cc(C)n1Cc1cccnc1. The topological polar surface area (TPSA) is 64.0 Å². The van der Waals surface area contributed by atoms with Crippen molar-refractivity contribution in [2.24, 2.45) is 0 Å². The van der Waals surface area contributed by atoms with Gasteiger partial charge < -0.3 is 9.88 Å². The molecule has 0 aliphatic carbocycles. The number of carbonyl (C=O) groups excluding carboxylic acids is 1. The van der Waals surface area contributed by atoms with Crippen molar-refractivity contribution in [3.05, 3.63) is 92.6 Å². The Morgan fingerprint density at radius 3 is 2.67 bits per heavy atom. The maximum Gasteiger partial charge on any atom is 0.261 e. The third-order valence-corrected chi connectivity index (χ3v) is 5.39. The Kier molecular flexibility index (Phi) is 7.41. The highest BCUT2D eigenvalue weighted by atomic mass is 35.5. The summed E-state index contributed by atoms with van der Waals surface area (Å²) >= 11 is 6.20. The molecule has 0 spiro atoms. The molecule has 0 atom stereocenters. The van der Waals surface area contributed by atoms with Gasteiger partial charge in [0.25, 0.3) is 5.91 Å². The summed E-state index contributed by atoms with van der Waals surface area (Å²) in [6.07, 6.45) is 7.17. The molecule has 1 amide bonds. The lowest BCUT2D eigenvalue weighted by Crippen LogP contribution is -2.28. The summed E-state index contributed by atoms with van der Waals surface area (Å²) in [5.74, 6) is -0.431. The highest BCUT2D eigenvalue weighted by Crippen LogP contribution is 2.22. The molecule has 0 aliphatic rings. The van der Waals surface area contributed by atoms with Crippen molar-refractivity contribution in [2.75, 3.05) is 5.32 Å². The molecule has 3 aromatic rings. The van der Waals surface area contributed by atoms with Crippen LogP contribution in [0.4, 0.5) is 5.69 Å². The molecular formula is C24H26ClN3O2. The van der Waals surface area contributed by atoms with E-state index in [9.17, 15) is 9.59 Å². The summed E-state index contributed by atoms with van der Waals surface area (Å²) in [5, 5.41) is 3.24. The fraction of sp³-hybridized carbons (Fsp3) is 0.292. The minimum atomic E-state index is -0.431. The van der Waals surface area contributed by atoms with E-state index in [1.54, 1.807) is 36.7 Å². The van der Waals surface area contributed by atoms with Gasteiger partial charge in [-0.1, -0.05) is 49.6 Å². The Hall–Kier alpha value is -2.92. The van der Waals surface area contributed by atoms with Gasteiger partial charge in [-0.15, -0.1) is 0 Å². The van der Waals surface area contributed by atoms with Crippen molar-refractivity contribution in [3.63, 3.8) is 0 Å². The van der Waals surface area contributed by atoms with E-state index in [0.29, 0.717) is 23.7 Å². The fourth-order valence-electron chi connectivity index (χ4n) is 3.52. The number of anilines is 1. The first-order chi connectivity index (χ1) is 14.5. The highest BCUT2D eigenvalue weighted by molar-refractivity contribution is 6.33. The Balaban J connectivity index is 2.05. The van der Waals surface area contributed by atoms with E-state index >= 15 is 0 Å². The molecule has 2 heterocycles. The number of para-hydroxylation sites is 1. The second-order valence-electron chi connectivity index (χ2n) is 7.31. The first kappa shape index (κ1) is 21.8. The number of aromatic nitrogens is 2. The molecule has 30 heavy (non-hydrogen) atoms. The van der Waals surface area contributed by atoms with E-state index in [4.69, 9.17) is 11.6 Å². The van der Waals surface area contributed by atoms with E-state index in [2.05, 4.69) is 21.8 Å². The van der Waals surface area contributed by atoms with Gasteiger partial charge in [0, 0.05) is 36.4 Å². The second kappa shape index (κ2) is 10.2. The normalized spacial score (nSPS) is 10.8. The summed E-state index contributed by atoms with van der Waals surface area (Å²) in [6.45, 7) is 4.58. The largest absolute Gasteiger partial charge is 0.343 e. The molecule has 1 N–H and O–H groups in total. The predicted octanol–water partition coefficient (Wildman–Crippen LogP) is 5.24. The summed E-state index contributed by atoms with van der Waals surface area (Å²) in [6, 6.07) is 12.4. The summed E-state index contributed by atoms with van der Waals surface area (Å²) in [5.41, 5.74) is 2.99. The summed E-state index contributed by atoms with van der Waals surface area (Å²) in [4.78, 5) is 30.2. The molecule has 0 aliphatic heterocycles. The zero-order valence-electron chi connectivity index (χ0n) is 17.3. The number of pyridine rings is 2. The van der Waals surface area contributed by atoms with Gasteiger partial charge in [-0.05, 0) is 43.5 Å². The first-order valence-electron chi connectivity index (χ1n) is 10.2. The number of amides is 1. The number of unbranched alkanes of at least 4 members (excludes halogenated alkanes) is 2. The third kappa shape index (κ3) is 5.16. The number of rotatable bonds is 8. The molecule has 156 valence electrons. The molecule has 2 aromatic heterocycles. The highest BCUT2D eigenvalue weighted by Gasteiger charge is 2.21. The number of benzene rings is 1. The third-order valence-electron chi connectivity index (χ3n) is 5.06. The van der Waals surface area contributed by atoms with Gasteiger partial charge >= 0.3 is 0 Å². The molecule has 5 nitrogen and oxygen atoms in total. The summed E-state index contributed by atoms with van der Waals surface area (Å²) in [7, 11) is 0. The molecule has 0 fully saturated rings. The molecule has 0 radical (unpaired) electrons. The maximum atomic E-state index is 13.2. The molecule has 3 rings (SSSR count). The Morgan fingerprint density at radius 1 is 1.17 bits per heavy atom. The number of carbonyl (C=O) groups is 1. The molecule has 1 aromatic carbocycles. The lowest BCUT2D eigenvalue weighted by Gasteiger charge is -2.20. The van der Waals surface area contributed by atoms with E-state index in [-0.39, 0.29) is 11.0 Å². The van der Waals surface area contributed by atoms with Gasteiger partial charge in [-0.25, -0.2) is 0 Å². The van der Waals surface area contributed by atoms with Crippen LogP contribution in [0.1, 0.15) is 53.5 Å². The van der Waals surface area contributed by atoms with Gasteiger partial charge in [0.15, 0.2) is 5.43 Å². The predicted molar refractivity (Wildman–Crippen MR) is 121 cm³/mol. The monoisotopic (exact) mass is 423 g/mol. The van der Waals surface area contributed by atoms with Crippen LogP contribution in [-0.4, -0.2) is 15.5 Å². The lowest BCUT2D eigenvalue weighted by molar-refractivity contribution is 0.102. The van der Waals surface area contributed by atoms with E-state index in [1.165, 1.54) is 6.07 Å². The molecule has 0 unspecified atom stereocenters. The van der Waals surface area contributed by atoms with Gasteiger partial charge in [0.2, 0.25) is 0 Å². The van der Waals surface area contributed by atoms with Gasteiger partial charge in [0.05, 0.1) is 10.7 Å². The van der Waals surface area contributed by atoms with Crippen molar-refractivity contribution in [2.45, 2.75) is 46.1 Å². The lowest BCUT2D eigenvalue weighted by atomic mass is 10.0. The standard InChI is InChI=1S/C24H26ClN3O2/c1-3-4-5-12-21-23(24(30)27-20-11-7-6-10-19(20)25)22(29)14-17(2)28(21)16-18-9-8-13-26-15-18/h6-11,13-15H,3-5,12,16H2,1-2H3,(H,27,30). The Morgan fingerprint density at radius 2 is 1.97 bits per heavy atom. The number of nitrogens with one attached hydrogen (secondary N) is 1. The molecule has 0 saturated heterocycles. The molecule has 6 heteroatoms. The minimum absolute atomic E-state index is 0.181.